The number of carbonyl (C=O) groups is 3. The number of thioether (sulfide) groups is 1. The number of thiazole rings is 1. The number of imide groups is 1. The fraction of sp³-hybridized carbons (Fsp3) is 0.455. The third-order valence-corrected chi connectivity index (χ3v) is 10.3. The molecule has 2 amide bonds. The normalized spacial score (nSPS) is 35.6. The van der Waals surface area contributed by atoms with E-state index in [1.807, 2.05) is 0 Å². The second kappa shape index (κ2) is 6.77. The van der Waals surface area contributed by atoms with Gasteiger partial charge >= 0.3 is 10.8 Å². The molecular weight excluding hydrogens is 455 g/mol. The van der Waals surface area contributed by atoms with Gasteiger partial charge in [-0.2, -0.15) is 0 Å². The summed E-state index contributed by atoms with van der Waals surface area (Å²) < 4.78 is 13.6. The molecule has 2 aromatic rings. The number of carbonyl (C=O) groups excluding carboxylic acids is 2. The summed E-state index contributed by atoms with van der Waals surface area (Å²) in [6, 6.07) is 5.06. The van der Waals surface area contributed by atoms with Crippen LogP contribution in [0.25, 0.3) is 0 Å². The lowest BCUT2D eigenvalue weighted by Gasteiger charge is -2.43. The highest BCUT2D eigenvalue weighted by Gasteiger charge is 2.70. The average Bonchev–Trinajstić information content (AvgIpc) is 3.47. The molecule has 3 fully saturated rings. The van der Waals surface area contributed by atoms with Crippen LogP contribution < -0.4 is 4.87 Å². The molecule has 0 radical (unpaired) electrons. The monoisotopic (exact) mass is 474 g/mol. The summed E-state index contributed by atoms with van der Waals surface area (Å²) in [6.07, 6.45) is 0.724. The van der Waals surface area contributed by atoms with Gasteiger partial charge in [0.15, 0.2) is 0 Å². The fourth-order valence-electron chi connectivity index (χ4n) is 6.58. The Bertz CT molecular complexity index is 1220. The molecule has 2 saturated carbocycles. The van der Waals surface area contributed by atoms with Crippen molar-refractivity contribution < 1.29 is 23.9 Å². The van der Waals surface area contributed by atoms with Gasteiger partial charge in [0.2, 0.25) is 11.8 Å². The zero-order chi connectivity index (χ0) is 22.5. The van der Waals surface area contributed by atoms with Gasteiger partial charge in [-0.05, 0) is 48.8 Å². The molecule has 32 heavy (non-hydrogen) atoms. The molecule has 10 heteroatoms. The van der Waals surface area contributed by atoms with Gasteiger partial charge < -0.3 is 10.1 Å². The number of aromatic amines is 1. The number of hydrogen-bond donors (Lipinski definition) is 2. The highest BCUT2D eigenvalue weighted by Crippen LogP contribution is 2.68. The molecule has 2 bridgehead atoms. The Balaban J connectivity index is 1.45. The van der Waals surface area contributed by atoms with Crippen LogP contribution in [0.4, 0.5) is 4.39 Å². The Kier molecular flexibility index (Phi) is 4.27. The lowest BCUT2D eigenvalue weighted by atomic mass is 9.68. The number of rotatable bonds is 3. The van der Waals surface area contributed by atoms with Crippen molar-refractivity contribution in [2.75, 3.05) is 0 Å². The number of benzene rings is 1. The molecule has 166 valence electrons. The van der Waals surface area contributed by atoms with Crippen molar-refractivity contribution in [1.82, 2.24) is 9.88 Å². The molecular formula is C22H19FN2O5S2. The van der Waals surface area contributed by atoms with Crippen LogP contribution in [0.5, 0.6) is 0 Å². The molecule has 6 rings (SSSR count). The van der Waals surface area contributed by atoms with E-state index < -0.39 is 29.8 Å². The maximum atomic E-state index is 13.6. The topological polar surface area (TPSA) is 108 Å². The second-order valence-corrected chi connectivity index (χ2v) is 11.3. The summed E-state index contributed by atoms with van der Waals surface area (Å²) in [5, 5.41) is 10.2. The van der Waals surface area contributed by atoms with Crippen LogP contribution in [0.2, 0.25) is 0 Å². The van der Waals surface area contributed by atoms with E-state index in [9.17, 15) is 28.7 Å². The summed E-state index contributed by atoms with van der Waals surface area (Å²) in [6.45, 7) is 1.37. The lowest BCUT2D eigenvalue weighted by molar-refractivity contribution is -0.154. The molecule has 7 nitrogen and oxygen atoms in total. The lowest BCUT2D eigenvalue weighted by Crippen LogP contribution is -2.44. The molecule has 8 atom stereocenters. The zero-order valence-electron chi connectivity index (χ0n) is 16.9. The van der Waals surface area contributed by atoms with Crippen LogP contribution in [-0.4, -0.2) is 44.1 Å². The van der Waals surface area contributed by atoms with Gasteiger partial charge in [0.25, 0.3) is 0 Å². The molecule has 3 heterocycles. The van der Waals surface area contributed by atoms with Crippen molar-refractivity contribution >= 4 is 40.9 Å². The molecule has 2 N–H and O–H groups in total. The maximum absolute atomic E-state index is 13.6. The predicted octanol–water partition coefficient (Wildman–Crippen LogP) is 2.52. The van der Waals surface area contributed by atoms with Crippen LogP contribution in [0, 0.1) is 35.4 Å². The van der Waals surface area contributed by atoms with E-state index in [2.05, 4.69) is 4.98 Å². The first kappa shape index (κ1) is 20.2. The molecule has 2 aliphatic heterocycles. The number of amides is 2. The molecule has 1 saturated heterocycles. The van der Waals surface area contributed by atoms with Crippen molar-refractivity contribution in [3.8, 4) is 0 Å². The standard InChI is InChI=1S/C22H19FN2O5S2/c1-7(21(28)29)25-19(26)14-10-6-11(15(14)20(25)27)16-13(10)12(8-2-4-9(23)5-3-8)17-18(31-16)24-22(30)32-17/h2-5,7,10-16H,6H2,1H3,(H,24,30)(H,28,29). The number of nitrogens with one attached hydrogen (secondary N) is 1. The fourth-order valence-corrected chi connectivity index (χ4v) is 9.46. The number of H-pyrrole nitrogens is 1. The number of nitrogens with zero attached hydrogens (tertiary/aromatic N) is 1. The van der Waals surface area contributed by atoms with Crippen LogP contribution in [0.15, 0.2) is 34.1 Å². The van der Waals surface area contributed by atoms with E-state index in [1.54, 1.807) is 23.9 Å². The number of aromatic nitrogens is 1. The Morgan fingerprint density at radius 1 is 1.16 bits per heavy atom. The zero-order valence-corrected chi connectivity index (χ0v) is 18.5. The van der Waals surface area contributed by atoms with Gasteiger partial charge in [0.05, 0.1) is 16.9 Å². The van der Waals surface area contributed by atoms with E-state index >= 15 is 0 Å². The SMILES string of the molecule is CC(C(=O)O)N1C(=O)C2C3CC(C2C1=O)C1C(c2ccc(F)cc2)c2sc(=O)[nH]c2SC31. The Labute approximate surface area is 190 Å². The summed E-state index contributed by atoms with van der Waals surface area (Å²) in [7, 11) is 0. The first-order valence-electron chi connectivity index (χ1n) is 10.5. The number of fused-ring (bicyclic) bond motifs is 9. The molecule has 8 unspecified atom stereocenters. The van der Waals surface area contributed by atoms with Crippen LogP contribution in [0.1, 0.15) is 29.7 Å². The number of carboxylic acid groups (broad SMARTS) is 1. The van der Waals surface area contributed by atoms with E-state index in [1.165, 1.54) is 19.1 Å². The van der Waals surface area contributed by atoms with Crippen molar-refractivity contribution in [1.29, 1.82) is 0 Å². The second-order valence-electron chi connectivity index (χ2n) is 9.07. The molecule has 1 aromatic carbocycles. The van der Waals surface area contributed by atoms with E-state index in [0.717, 1.165) is 38.1 Å². The van der Waals surface area contributed by atoms with Crippen molar-refractivity contribution in [3.05, 3.63) is 50.2 Å². The van der Waals surface area contributed by atoms with Crippen LogP contribution in [-0.2, 0) is 14.4 Å². The number of aliphatic carboxylic acids is 1. The summed E-state index contributed by atoms with van der Waals surface area (Å²) in [5.41, 5.74) is 0.884. The average molecular weight is 475 g/mol. The third kappa shape index (κ3) is 2.53. The molecule has 0 spiro atoms. The molecule has 4 aliphatic rings. The number of likely N-dealkylation sites (tertiary alicyclic amines) is 1. The van der Waals surface area contributed by atoms with Crippen molar-refractivity contribution in [2.24, 2.45) is 29.6 Å². The maximum Gasteiger partial charge on any atom is 0.326 e. The molecule has 1 aromatic heterocycles. The van der Waals surface area contributed by atoms with Gasteiger partial charge in [-0.3, -0.25) is 19.3 Å². The smallest absolute Gasteiger partial charge is 0.326 e. The van der Waals surface area contributed by atoms with E-state index in [4.69, 9.17) is 0 Å². The largest absolute Gasteiger partial charge is 0.480 e. The highest BCUT2D eigenvalue weighted by molar-refractivity contribution is 8.00. The minimum Gasteiger partial charge on any atom is -0.480 e. The summed E-state index contributed by atoms with van der Waals surface area (Å²) >= 11 is 2.71. The first-order valence-corrected chi connectivity index (χ1v) is 12.2. The van der Waals surface area contributed by atoms with Gasteiger partial charge in [0.1, 0.15) is 11.9 Å². The van der Waals surface area contributed by atoms with Crippen molar-refractivity contribution in [3.63, 3.8) is 0 Å². The Hall–Kier alpha value is -2.46. The number of carboxylic acids is 1. The minimum absolute atomic E-state index is 0.00694. The Morgan fingerprint density at radius 3 is 2.47 bits per heavy atom. The highest BCUT2D eigenvalue weighted by atomic mass is 32.2. The van der Waals surface area contributed by atoms with Gasteiger partial charge in [-0.25, -0.2) is 9.18 Å². The third-order valence-electron chi connectivity index (χ3n) is 7.73. The Morgan fingerprint density at radius 2 is 1.81 bits per heavy atom. The molecule has 2 aliphatic carbocycles. The van der Waals surface area contributed by atoms with Gasteiger partial charge in [0, 0.05) is 16.0 Å². The van der Waals surface area contributed by atoms with Crippen LogP contribution in [0.3, 0.4) is 0 Å². The minimum atomic E-state index is -1.20. The number of halogens is 1. The van der Waals surface area contributed by atoms with Gasteiger partial charge in [-0.1, -0.05) is 23.5 Å². The van der Waals surface area contributed by atoms with Gasteiger partial charge in [-0.15, -0.1) is 11.8 Å². The van der Waals surface area contributed by atoms with Crippen LogP contribution >= 0.6 is 23.1 Å². The number of hydrogen-bond acceptors (Lipinski definition) is 6. The van der Waals surface area contributed by atoms with Crippen molar-refractivity contribution in [2.45, 2.75) is 35.6 Å². The van der Waals surface area contributed by atoms with E-state index in [-0.39, 0.29) is 45.5 Å². The predicted molar refractivity (Wildman–Crippen MR) is 114 cm³/mol. The van der Waals surface area contributed by atoms with E-state index in [0.29, 0.717) is 0 Å². The quantitative estimate of drug-likeness (QED) is 0.662. The first-order chi connectivity index (χ1) is 15.3. The summed E-state index contributed by atoms with van der Waals surface area (Å²) in [5.74, 6) is -3.69. The summed E-state index contributed by atoms with van der Waals surface area (Å²) in [4.78, 5) is 54.8.